The summed E-state index contributed by atoms with van der Waals surface area (Å²) in [6, 6.07) is 12.1. The summed E-state index contributed by atoms with van der Waals surface area (Å²) in [7, 11) is 0. The third kappa shape index (κ3) is 6.86. The maximum Gasteiger partial charge on any atom is 0.319 e. The van der Waals surface area contributed by atoms with Crippen molar-refractivity contribution < 1.29 is 24.5 Å². The van der Waals surface area contributed by atoms with Gasteiger partial charge in [-0.25, -0.2) is 4.79 Å². The summed E-state index contributed by atoms with van der Waals surface area (Å²) >= 11 is 6.39. The number of aryl methyl sites for hydroxylation is 1. The minimum Gasteiger partial charge on any atom is -0.505 e. The number of pyridine rings is 1. The number of aromatic nitrogens is 1. The van der Waals surface area contributed by atoms with Gasteiger partial charge in [-0.2, -0.15) is 0 Å². The number of nitrogens with one attached hydrogen (secondary N) is 2. The van der Waals surface area contributed by atoms with Crippen molar-refractivity contribution in [3.05, 3.63) is 86.3 Å². The average molecular weight is 542 g/mol. The summed E-state index contributed by atoms with van der Waals surface area (Å²) in [4.78, 5) is 37.8. The van der Waals surface area contributed by atoms with Crippen molar-refractivity contribution in [2.75, 3.05) is 11.9 Å². The van der Waals surface area contributed by atoms with E-state index in [1.54, 1.807) is 37.3 Å². The van der Waals surface area contributed by atoms with E-state index >= 15 is 0 Å². The van der Waals surface area contributed by atoms with Gasteiger partial charge >= 0.3 is 12.0 Å². The number of urea groups is 1. The average Bonchev–Trinajstić information content (AvgIpc) is 2.85. The molecule has 0 saturated carbocycles. The third-order valence-corrected chi connectivity index (χ3v) is 6.43. The lowest BCUT2D eigenvalue weighted by molar-refractivity contribution is -0.137. The van der Waals surface area contributed by atoms with Gasteiger partial charge in [-0.1, -0.05) is 55.8 Å². The van der Waals surface area contributed by atoms with Gasteiger partial charge in [-0.3, -0.25) is 9.59 Å². The van der Waals surface area contributed by atoms with Crippen LogP contribution in [0, 0.1) is 6.92 Å². The molecule has 0 fully saturated rings. The number of rotatable bonds is 10. The Bertz CT molecular complexity index is 1390. The number of nitrogens with zero attached hydrogens (tertiary/aromatic N) is 1. The van der Waals surface area contributed by atoms with Crippen LogP contribution in [-0.2, 0) is 11.3 Å². The highest BCUT2D eigenvalue weighted by Crippen LogP contribution is 2.29. The standard InChI is InChI=1S/C28H32ClN3O6/c1-5-38-24-11-7-10-21(29)20(24)15-32-17(4)12-23(33)26(27(32)36)31-28(37)30-22(14-25(34)35)19-9-6-8-18(13-19)16(2)3/h6-13,16,22,33H,5,14-15H2,1-4H3,(H,34,35)(H2,30,31,37). The van der Waals surface area contributed by atoms with Crippen molar-refractivity contribution in [2.45, 2.75) is 52.6 Å². The number of amides is 2. The van der Waals surface area contributed by atoms with Crippen molar-refractivity contribution in [2.24, 2.45) is 0 Å². The van der Waals surface area contributed by atoms with Crippen LogP contribution in [0.25, 0.3) is 0 Å². The molecule has 2 amide bonds. The SMILES string of the molecule is CCOc1cccc(Cl)c1Cn1c(C)cc(O)c(NC(=O)NC(CC(=O)O)c2cccc(C(C)C)c2)c1=O. The summed E-state index contributed by atoms with van der Waals surface area (Å²) in [6.07, 6.45) is -0.369. The zero-order valence-corrected chi connectivity index (χ0v) is 22.5. The first-order valence-corrected chi connectivity index (χ1v) is 12.6. The number of carboxylic acids is 1. The monoisotopic (exact) mass is 541 g/mol. The number of halogens is 1. The summed E-state index contributed by atoms with van der Waals surface area (Å²) in [5.41, 5.74) is 1.62. The number of carbonyl (C=O) groups is 2. The maximum atomic E-state index is 13.4. The second-order valence-electron chi connectivity index (χ2n) is 9.16. The number of hydrogen-bond donors (Lipinski definition) is 4. The molecule has 0 bridgehead atoms. The normalized spacial score (nSPS) is 11.7. The molecule has 1 aromatic heterocycles. The molecule has 1 heterocycles. The number of ether oxygens (including phenoxy) is 1. The van der Waals surface area contributed by atoms with Crippen molar-refractivity contribution >= 4 is 29.3 Å². The highest BCUT2D eigenvalue weighted by atomic mass is 35.5. The first-order valence-electron chi connectivity index (χ1n) is 12.2. The van der Waals surface area contributed by atoms with Crippen molar-refractivity contribution in [1.82, 2.24) is 9.88 Å². The van der Waals surface area contributed by atoms with Gasteiger partial charge in [0.2, 0.25) is 0 Å². The Labute approximate surface area is 226 Å². The van der Waals surface area contributed by atoms with Gasteiger partial charge in [0.25, 0.3) is 5.56 Å². The molecular weight excluding hydrogens is 510 g/mol. The molecule has 3 aromatic rings. The fourth-order valence-corrected chi connectivity index (χ4v) is 4.30. The van der Waals surface area contributed by atoms with Gasteiger partial charge in [0, 0.05) is 22.3 Å². The Hall–Kier alpha value is -3.98. The highest BCUT2D eigenvalue weighted by Gasteiger charge is 2.22. The Kier molecular flexibility index (Phi) is 9.41. The molecular formula is C28H32ClN3O6. The molecule has 3 rings (SSSR count). The third-order valence-electron chi connectivity index (χ3n) is 6.08. The van der Waals surface area contributed by atoms with Crippen LogP contribution in [-0.4, -0.2) is 33.4 Å². The molecule has 0 radical (unpaired) electrons. The number of aromatic hydroxyl groups is 1. The number of anilines is 1. The largest absolute Gasteiger partial charge is 0.505 e. The molecule has 0 aliphatic carbocycles. The number of aliphatic carboxylic acids is 1. The molecule has 0 aliphatic rings. The van der Waals surface area contributed by atoms with Crippen LogP contribution in [0.15, 0.2) is 53.3 Å². The quantitative estimate of drug-likeness (QED) is 0.271. The topological polar surface area (TPSA) is 130 Å². The minimum atomic E-state index is -1.10. The van der Waals surface area contributed by atoms with E-state index in [9.17, 15) is 24.6 Å². The smallest absolute Gasteiger partial charge is 0.319 e. The van der Waals surface area contributed by atoms with Crippen LogP contribution in [0.4, 0.5) is 10.5 Å². The van der Waals surface area contributed by atoms with E-state index < -0.39 is 29.4 Å². The molecule has 202 valence electrons. The maximum absolute atomic E-state index is 13.4. The molecule has 1 unspecified atom stereocenters. The van der Waals surface area contributed by atoms with Crippen molar-refractivity contribution in [3.63, 3.8) is 0 Å². The molecule has 4 N–H and O–H groups in total. The first kappa shape index (κ1) is 28.6. The van der Waals surface area contributed by atoms with Crippen LogP contribution >= 0.6 is 11.6 Å². The lowest BCUT2D eigenvalue weighted by atomic mass is 9.96. The van der Waals surface area contributed by atoms with Crippen LogP contribution in [0.3, 0.4) is 0 Å². The molecule has 0 aliphatic heterocycles. The van der Waals surface area contributed by atoms with E-state index in [1.165, 1.54) is 10.6 Å². The van der Waals surface area contributed by atoms with Gasteiger partial charge in [-0.15, -0.1) is 0 Å². The molecule has 0 spiro atoms. The minimum absolute atomic E-state index is 0.0416. The summed E-state index contributed by atoms with van der Waals surface area (Å²) in [6.45, 7) is 7.95. The lowest BCUT2D eigenvalue weighted by Gasteiger charge is -2.20. The van der Waals surface area contributed by atoms with Gasteiger partial charge in [0.1, 0.15) is 11.5 Å². The Morgan fingerprint density at radius 3 is 2.45 bits per heavy atom. The van der Waals surface area contributed by atoms with E-state index in [1.807, 2.05) is 32.9 Å². The van der Waals surface area contributed by atoms with Crippen LogP contribution in [0.1, 0.15) is 61.5 Å². The van der Waals surface area contributed by atoms with Crippen molar-refractivity contribution in [1.29, 1.82) is 0 Å². The van der Waals surface area contributed by atoms with Crippen LogP contribution < -0.4 is 20.9 Å². The lowest BCUT2D eigenvalue weighted by Crippen LogP contribution is -2.36. The van der Waals surface area contributed by atoms with Gasteiger partial charge in [0.15, 0.2) is 5.69 Å². The predicted molar refractivity (Wildman–Crippen MR) is 147 cm³/mol. The molecule has 9 nitrogen and oxygen atoms in total. The molecule has 38 heavy (non-hydrogen) atoms. The van der Waals surface area contributed by atoms with Crippen LogP contribution in [0.5, 0.6) is 11.5 Å². The number of benzene rings is 2. The summed E-state index contributed by atoms with van der Waals surface area (Å²) in [5, 5.41) is 25.4. The van der Waals surface area contributed by atoms with Crippen LogP contribution in [0.2, 0.25) is 5.02 Å². The fourth-order valence-electron chi connectivity index (χ4n) is 4.08. The summed E-state index contributed by atoms with van der Waals surface area (Å²) < 4.78 is 7.01. The Balaban J connectivity index is 1.91. The number of carbonyl (C=O) groups excluding carboxylic acids is 1. The first-order chi connectivity index (χ1) is 18.0. The second-order valence-corrected chi connectivity index (χ2v) is 9.57. The Morgan fingerprint density at radius 2 is 1.79 bits per heavy atom. The fraction of sp³-hybridized carbons (Fsp3) is 0.321. The summed E-state index contributed by atoms with van der Waals surface area (Å²) in [5.74, 6) is -0.791. The predicted octanol–water partition coefficient (Wildman–Crippen LogP) is 5.42. The molecule has 1 atom stereocenters. The Morgan fingerprint density at radius 1 is 1.11 bits per heavy atom. The number of hydrogen-bond acceptors (Lipinski definition) is 5. The van der Waals surface area contributed by atoms with E-state index in [-0.39, 0.29) is 24.6 Å². The zero-order valence-electron chi connectivity index (χ0n) is 21.7. The van der Waals surface area contributed by atoms with Gasteiger partial charge in [0.05, 0.1) is 25.6 Å². The number of carboxylic acid groups (broad SMARTS) is 1. The van der Waals surface area contributed by atoms with E-state index in [2.05, 4.69) is 10.6 Å². The zero-order chi connectivity index (χ0) is 28.0. The van der Waals surface area contributed by atoms with E-state index in [0.717, 1.165) is 5.56 Å². The second kappa shape index (κ2) is 12.5. The highest BCUT2D eigenvalue weighted by molar-refractivity contribution is 6.31. The van der Waals surface area contributed by atoms with E-state index in [4.69, 9.17) is 16.3 Å². The molecule has 2 aromatic carbocycles. The van der Waals surface area contributed by atoms with Gasteiger partial charge in [-0.05, 0) is 43.0 Å². The molecule has 10 heteroatoms. The van der Waals surface area contributed by atoms with Gasteiger partial charge < -0.3 is 30.2 Å². The molecule has 0 saturated heterocycles. The van der Waals surface area contributed by atoms with Crippen molar-refractivity contribution in [3.8, 4) is 11.5 Å². The van der Waals surface area contributed by atoms with E-state index in [0.29, 0.717) is 34.2 Å².